The monoisotopic (exact) mass is 392 g/mol. The summed E-state index contributed by atoms with van der Waals surface area (Å²) in [5.74, 6) is -2.89. The van der Waals surface area contributed by atoms with E-state index in [0.717, 1.165) is 5.56 Å². The minimum Gasteiger partial charge on any atom is -0.319 e. The van der Waals surface area contributed by atoms with Crippen molar-refractivity contribution in [2.75, 3.05) is 10.6 Å². The molecule has 2 N–H and O–H groups in total. The molecule has 0 aliphatic carbocycles. The number of anilines is 2. The molecule has 3 aromatic carbocycles. The van der Waals surface area contributed by atoms with Gasteiger partial charge in [0.05, 0.1) is 11.4 Å². The lowest BCUT2D eigenvalue weighted by atomic mass is 10.0. The van der Waals surface area contributed by atoms with Crippen LogP contribution in [0.2, 0.25) is 0 Å². The normalized spacial score (nSPS) is 10.2. The smallest absolute Gasteiger partial charge is 0.261 e. The maximum Gasteiger partial charge on any atom is 0.261 e. The van der Waals surface area contributed by atoms with E-state index >= 15 is 0 Å². The molecule has 6 heteroatoms. The SMILES string of the molecule is Cc1ccccc1C=C(C(=O)Nc1ccccc1F)C(=O)Nc1ccccc1F. The molecule has 29 heavy (non-hydrogen) atoms. The van der Waals surface area contributed by atoms with Gasteiger partial charge in [-0.15, -0.1) is 0 Å². The second-order valence-electron chi connectivity index (χ2n) is 6.28. The molecule has 0 aromatic heterocycles. The Kier molecular flexibility index (Phi) is 6.14. The molecule has 0 fully saturated rings. The van der Waals surface area contributed by atoms with Crippen LogP contribution in [0.1, 0.15) is 11.1 Å². The van der Waals surface area contributed by atoms with E-state index in [9.17, 15) is 18.4 Å². The van der Waals surface area contributed by atoms with Crippen LogP contribution in [0.25, 0.3) is 6.08 Å². The fraction of sp³-hybridized carbons (Fsp3) is 0.0435. The second kappa shape index (κ2) is 8.93. The van der Waals surface area contributed by atoms with E-state index in [1.54, 1.807) is 24.3 Å². The number of benzene rings is 3. The summed E-state index contributed by atoms with van der Waals surface area (Å²) < 4.78 is 27.8. The van der Waals surface area contributed by atoms with Gasteiger partial charge in [-0.2, -0.15) is 0 Å². The van der Waals surface area contributed by atoms with Crippen LogP contribution in [0, 0.1) is 18.6 Å². The van der Waals surface area contributed by atoms with Crippen LogP contribution in [-0.4, -0.2) is 11.8 Å². The number of hydrogen-bond acceptors (Lipinski definition) is 2. The predicted octanol–water partition coefficient (Wildman–Crippen LogP) is 4.93. The summed E-state index contributed by atoms with van der Waals surface area (Å²) in [6.45, 7) is 1.83. The number of halogens is 2. The van der Waals surface area contributed by atoms with Crippen molar-refractivity contribution in [3.05, 3.63) is 101 Å². The van der Waals surface area contributed by atoms with E-state index in [2.05, 4.69) is 10.6 Å². The topological polar surface area (TPSA) is 58.2 Å². The molecule has 0 spiro atoms. The maximum atomic E-state index is 13.9. The van der Waals surface area contributed by atoms with E-state index in [0.29, 0.717) is 5.56 Å². The zero-order chi connectivity index (χ0) is 20.8. The van der Waals surface area contributed by atoms with Gasteiger partial charge in [-0.3, -0.25) is 9.59 Å². The molecule has 2 amide bonds. The molecule has 0 saturated carbocycles. The molecule has 0 bridgehead atoms. The minimum absolute atomic E-state index is 0.0631. The standard InChI is InChI=1S/C23H18F2N2O2/c1-15-8-2-3-9-16(15)14-17(22(28)26-20-12-6-4-10-18(20)24)23(29)27-21-13-7-5-11-19(21)25/h2-14H,1H3,(H,26,28)(H,27,29). The highest BCUT2D eigenvalue weighted by atomic mass is 19.1. The quantitative estimate of drug-likeness (QED) is 0.367. The summed E-state index contributed by atoms with van der Waals surface area (Å²) in [5.41, 5.74) is 1.06. The molecule has 146 valence electrons. The van der Waals surface area contributed by atoms with E-state index in [4.69, 9.17) is 0 Å². The van der Waals surface area contributed by atoms with Crippen molar-refractivity contribution in [3.8, 4) is 0 Å². The van der Waals surface area contributed by atoms with Crippen LogP contribution in [0.4, 0.5) is 20.2 Å². The van der Waals surface area contributed by atoms with Gasteiger partial charge in [-0.1, -0.05) is 48.5 Å². The molecule has 3 aromatic rings. The van der Waals surface area contributed by atoms with E-state index in [1.165, 1.54) is 42.5 Å². The van der Waals surface area contributed by atoms with E-state index in [-0.39, 0.29) is 16.9 Å². The molecular weight excluding hydrogens is 374 g/mol. The summed E-state index contributed by atoms with van der Waals surface area (Å²) >= 11 is 0. The Morgan fingerprint density at radius 1 is 0.724 bits per heavy atom. The number of para-hydroxylation sites is 2. The van der Waals surface area contributed by atoms with Gasteiger partial charge in [0.2, 0.25) is 0 Å². The lowest BCUT2D eigenvalue weighted by Gasteiger charge is -2.12. The largest absolute Gasteiger partial charge is 0.319 e. The number of nitrogens with one attached hydrogen (secondary N) is 2. The van der Waals surface area contributed by atoms with Crippen LogP contribution in [-0.2, 0) is 9.59 Å². The third kappa shape index (κ3) is 4.93. The van der Waals surface area contributed by atoms with Crippen molar-refractivity contribution in [2.24, 2.45) is 0 Å². The fourth-order valence-electron chi connectivity index (χ4n) is 2.64. The van der Waals surface area contributed by atoms with Crippen LogP contribution >= 0.6 is 0 Å². The van der Waals surface area contributed by atoms with E-state index < -0.39 is 23.4 Å². The average Bonchev–Trinajstić information content (AvgIpc) is 2.70. The third-order valence-electron chi connectivity index (χ3n) is 4.22. The van der Waals surface area contributed by atoms with Crippen molar-refractivity contribution in [3.63, 3.8) is 0 Å². The number of hydrogen-bond donors (Lipinski definition) is 2. The zero-order valence-corrected chi connectivity index (χ0v) is 15.6. The maximum absolute atomic E-state index is 13.9. The van der Waals surface area contributed by atoms with Gasteiger partial charge in [0.15, 0.2) is 0 Å². The van der Waals surface area contributed by atoms with Gasteiger partial charge in [-0.25, -0.2) is 8.78 Å². The second-order valence-corrected chi connectivity index (χ2v) is 6.28. The average molecular weight is 392 g/mol. The van der Waals surface area contributed by atoms with Gasteiger partial charge in [-0.05, 0) is 48.4 Å². The minimum atomic E-state index is -0.813. The van der Waals surface area contributed by atoms with Crippen LogP contribution < -0.4 is 10.6 Å². The van der Waals surface area contributed by atoms with Gasteiger partial charge >= 0.3 is 0 Å². The predicted molar refractivity (Wildman–Crippen MR) is 109 cm³/mol. The number of carbonyl (C=O) groups excluding carboxylic acids is 2. The first-order valence-corrected chi connectivity index (χ1v) is 8.85. The van der Waals surface area contributed by atoms with Crippen molar-refractivity contribution < 1.29 is 18.4 Å². The lowest BCUT2D eigenvalue weighted by molar-refractivity contribution is -0.118. The molecular formula is C23H18F2N2O2. The van der Waals surface area contributed by atoms with Crippen LogP contribution in [0.5, 0.6) is 0 Å². The first-order valence-electron chi connectivity index (χ1n) is 8.85. The summed E-state index contributed by atoms with van der Waals surface area (Å²) in [5, 5.41) is 4.79. The molecule has 0 aliphatic rings. The van der Waals surface area contributed by atoms with Gasteiger partial charge < -0.3 is 10.6 Å². The Balaban J connectivity index is 1.96. The molecule has 3 rings (SSSR count). The van der Waals surface area contributed by atoms with E-state index in [1.807, 2.05) is 19.1 Å². The highest BCUT2D eigenvalue weighted by Gasteiger charge is 2.21. The molecule has 0 radical (unpaired) electrons. The van der Waals surface area contributed by atoms with Gasteiger partial charge in [0, 0.05) is 0 Å². The van der Waals surface area contributed by atoms with Crippen molar-refractivity contribution in [2.45, 2.75) is 6.92 Å². The Labute approximate surface area is 166 Å². The molecule has 0 heterocycles. The van der Waals surface area contributed by atoms with Crippen molar-refractivity contribution >= 4 is 29.3 Å². The van der Waals surface area contributed by atoms with Crippen molar-refractivity contribution in [1.82, 2.24) is 0 Å². The zero-order valence-electron chi connectivity index (χ0n) is 15.6. The molecule has 0 saturated heterocycles. The summed E-state index contributed by atoms with van der Waals surface area (Å²) in [7, 11) is 0. The molecule has 0 atom stereocenters. The first-order chi connectivity index (χ1) is 14.0. The highest BCUT2D eigenvalue weighted by Crippen LogP contribution is 2.19. The number of rotatable bonds is 5. The third-order valence-corrected chi connectivity index (χ3v) is 4.22. The number of aryl methyl sites for hydroxylation is 1. The summed E-state index contributed by atoms with van der Waals surface area (Å²) in [6, 6.07) is 18.4. The Morgan fingerprint density at radius 3 is 1.66 bits per heavy atom. The number of amides is 2. The lowest BCUT2D eigenvalue weighted by Crippen LogP contribution is -2.26. The van der Waals surface area contributed by atoms with Crippen LogP contribution in [0.3, 0.4) is 0 Å². The first kappa shape index (κ1) is 19.9. The summed E-state index contributed by atoms with van der Waals surface area (Å²) in [4.78, 5) is 25.6. The van der Waals surface area contributed by atoms with Gasteiger partial charge in [0.25, 0.3) is 11.8 Å². The van der Waals surface area contributed by atoms with Crippen LogP contribution in [0.15, 0.2) is 78.4 Å². The Morgan fingerprint density at radius 2 is 1.17 bits per heavy atom. The van der Waals surface area contributed by atoms with Crippen molar-refractivity contribution in [1.29, 1.82) is 0 Å². The number of carbonyl (C=O) groups is 2. The highest BCUT2D eigenvalue weighted by molar-refractivity contribution is 6.28. The van der Waals surface area contributed by atoms with Gasteiger partial charge in [0.1, 0.15) is 17.2 Å². The molecule has 0 unspecified atom stereocenters. The fourth-order valence-corrected chi connectivity index (χ4v) is 2.64. The molecule has 4 nitrogen and oxygen atoms in total. The molecule has 0 aliphatic heterocycles. The Hall–Kier alpha value is -3.80. The summed E-state index contributed by atoms with van der Waals surface area (Å²) in [6.07, 6.45) is 1.39. The Bertz CT molecular complexity index is 1030.